The van der Waals surface area contributed by atoms with Crippen LogP contribution in [0.15, 0.2) is 69.7 Å². The molecule has 1 atom stereocenters. The highest BCUT2D eigenvalue weighted by Crippen LogP contribution is 2.20. The quantitative estimate of drug-likeness (QED) is 0.648. The normalized spacial score (nSPS) is 12.2. The predicted molar refractivity (Wildman–Crippen MR) is 99.5 cm³/mol. The lowest BCUT2D eigenvalue weighted by molar-refractivity contribution is -0.117. The number of aromatic nitrogens is 2. The van der Waals surface area contributed by atoms with Crippen molar-refractivity contribution in [2.75, 3.05) is 0 Å². The second-order valence-corrected chi connectivity index (χ2v) is 6.35. The van der Waals surface area contributed by atoms with Crippen molar-refractivity contribution in [2.45, 2.75) is 13.0 Å². The molecule has 1 N–H and O–H groups in total. The van der Waals surface area contributed by atoms with Crippen molar-refractivity contribution in [3.8, 4) is 11.4 Å². The van der Waals surface area contributed by atoms with Crippen LogP contribution >= 0.6 is 15.9 Å². The molecule has 3 rings (SSSR count). The first kappa shape index (κ1) is 17.1. The fourth-order valence-electron chi connectivity index (χ4n) is 2.19. The summed E-state index contributed by atoms with van der Waals surface area (Å²) in [6.45, 7) is 1.80. The van der Waals surface area contributed by atoms with Crippen molar-refractivity contribution >= 4 is 27.9 Å². The predicted octanol–water partition coefficient (Wildman–Crippen LogP) is 4.39. The Balaban J connectivity index is 1.63. The molecule has 0 bridgehead atoms. The monoisotopic (exact) mass is 397 g/mol. The Morgan fingerprint density at radius 3 is 2.60 bits per heavy atom. The lowest BCUT2D eigenvalue weighted by Crippen LogP contribution is -2.24. The van der Waals surface area contributed by atoms with Gasteiger partial charge in [-0.3, -0.25) is 4.79 Å². The first-order valence-corrected chi connectivity index (χ1v) is 8.54. The molecule has 0 aliphatic rings. The SMILES string of the molecule is C[C@H](NC(=O)/C=C/c1ccccc1)c1nc(-c2ccc(Br)cc2)no1. The average Bonchev–Trinajstić information content (AvgIpc) is 3.12. The third kappa shape index (κ3) is 4.64. The van der Waals surface area contributed by atoms with Crippen LogP contribution in [0.3, 0.4) is 0 Å². The van der Waals surface area contributed by atoms with Crippen LogP contribution in [0.1, 0.15) is 24.4 Å². The number of benzene rings is 2. The maximum Gasteiger partial charge on any atom is 0.249 e. The standard InChI is InChI=1S/C19H16BrN3O2/c1-13(21-17(24)12-7-14-5-3-2-4-6-14)19-22-18(23-25-19)15-8-10-16(20)11-9-15/h2-13H,1H3,(H,21,24)/b12-7+/t13-/m0/s1. The summed E-state index contributed by atoms with van der Waals surface area (Å²) in [5, 5.41) is 6.78. The van der Waals surface area contributed by atoms with Crippen molar-refractivity contribution in [1.82, 2.24) is 15.5 Å². The minimum atomic E-state index is -0.385. The first-order chi connectivity index (χ1) is 12.1. The van der Waals surface area contributed by atoms with Crippen LogP contribution in [0.5, 0.6) is 0 Å². The van der Waals surface area contributed by atoms with Gasteiger partial charge in [0.1, 0.15) is 6.04 Å². The van der Waals surface area contributed by atoms with E-state index in [2.05, 4.69) is 31.4 Å². The van der Waals surface area contributed by atoms with Crippen molar-refractivity contribution in [2.24, 2.45) is 0 Å². The van der Waals surface area contributed by atoms with E-state index in [0.717, 1.165) is 15.6 Å². The van der Waals surface area contributed by atoms with E-state index in [1.54, 1.807) is 13.0 Å². The molecule has 3 aromatic rings. The first-order valence-electron chi connectivity index (χ1n) is 7.75. The lowest BCUT2D eigenvalue weighted by atomic mass is 10.2. The molecule has 5 nitrogen and oxygen atoms in total. The van der Waals surface area contributed by atoms with Gasteiger partial charge in [0.05, 0.1) is 0 Å². The van der Waals surface area contributed by atoms with Crippen LogP contribution in [0.25, 0.3) is 17.5 Å². The molecular weight excluding hydrogens is 382 g/mol. The number of nitrogens with zero attached hydrogens (tertiary/aromatic N) is 2. The molecule has 25 heavy (non-hydrogen) atoms. The molecule has 0 radical (unpaired) electrons. The maximum atomic E-state index is 12.0. The second kappa shape index (κ2) is 7.90. The summed E-state index contributed by atoms with van der Waals surface area (Å²) in [6.07, 6.45) is 3.24. The van der Waals surface area contributed by atoms with Crippen molar-refractivity contribution in [1.29, 1.82) is 0 Å². The van der Waals surface area contributed by atoms with Crippen molar-refractivity contribution in [3.05, 3.63) is 76.6 Å². The fraction of sp³-hybridized carbons (Fsp3) is 0.105. The third-order valence-corrected chi connectivity index (χ3v) is 4.03. The number of hydrogen-bond donors (Lipinski definition) is 1. The lowest BCUT2D eigenvalue weighted by Gasteiger charge is -2.06. The molecule has 0 saturated heterocycles. The topological polar surface area (TPSA) is 68.0 Å². The smallest absolute Gasteiger partial charge is 0.249 e. The molecule has 0 spiro atoms. The molecule has 0 aliphatic carbocycles. The average molecular weight is 398 g/mol. The van der Waals surface area contributed by atoms with Crippen molar-refractivity contribution < 1.29 is 9.32 Å². The van der Waals surface area contributed by atoms with Gasteiger partial charge in [-0.1, -0.05) is 51.4 Å². The Labute approximate surface area is 153 Å². The highest BCUT2D eigenvalue weighted by Gasteiger charge is 2.16. The van der Waals surface area contributed by atoms with Gasteiger partial charge in [0.2, 0.25) is 17.6 Å². The van der Waals surface area contributed by atoms with E-state index >= 15 is 0 Å². The Morgan fingerprint density at radius 2 is 1.88 bits per heavy atom. The van der Waals surface area contributed by atoms with Gasteiger partial charge >= 0.3 is 0 Å². The number of hydrogen-bond acceptors (Lipinski definition) is 4. The van der Waals surface area contributed by atoms with E-state index in [1.807, 2.05) is 54.6 Å². The molecule has 1 aromatic heterocycles. The Bertz CT molecular complexity index is 873. The molecule has 1 heterocycles. The summed E-state index contributed by atoms with van der Waals surface area (Å²) in [7, 11) is 0. The number of carbonyl (C=O) groups is 1. The van der Waals surface area contributed by atoms with E-state index in [4.69, 9.17) is 4.52 Å². The van der Waals surface area contributed by atoms with E-state index in [-0.39, 0.29) is 11.9 Å². The Kier molecular flexibility index (Phi) is 5.40. The number of nitrogens with one attached hydrogen (secondary N) is 1. The van der Waals surface area contributed by atoms with Crippen molar-refractivity contribution in [3.63, 3.8) is 0 Å². The molecule has 6 heteroatoms. The minimum absolute atomic E-state index is 0.222. The summed E-state index contributed by atoms with van der Waals surface area (Å²) in [5.74, 6) is 0.627. The number of carbonyl (C=O) groups excluding carboxylic acids is 1. The zero-order valence-electron chi connectivity index (χ0n) is 13.5. The summed E-state index contributed by atoms with van der Waals surface area (Å²) < 4.78 is 6.24. The fourth-order valence-corrected chi connectivity index (χ4v) is 2.45. The zero-order valence-corrected chi connectivity index (χ0v) is 15.1. The summed E-state index contributed by atoms with van der Waals surface area (Å²) in [6, 6.07) is 16.8. The number of amides is 1. The third-order valence-electron chi connectivity index (χ3n) is 3.50. The van der Waals surface area contributed by atoms with E-state index in [9.17, 15) is 4.79 Å². The van der Waals surface area contributed by atoms with Crippen LogP contribution in [-0.2, 0) is 4.79 Å². The summed E-state index contributed by atoms with van der Waals surface area (Å²) >= 11 is 3.39. The van der Waals surface area contributed by atoms with Gasteiger partial charge in [0.25, 0.3) is 0 Å². The van der Waals surface area contributed by atoms with Crippen LogP contribution < -0.4 is 5.32 Å². The highest BCUT2D eigenvalue weighted by atomic mass is 79.9. The molecule has 2 aromatic carbocycles. The van der Waals surface area contributed by atoms with Crippen LogP contribution in [0.4, 0.5) is 0 Å². The van der Waals surface area contributed by atoms with E-state index in [1.165, 1.54) is 6.08 Å². The Hall–Kier alpha value is -2.73. The molecule has 0 aliphatic heterocycles. The highest BCUT2D eigenvalue weighted by molar-refractivity contribution is 9.10. The van der Waals surface area contributed by atoms with Crippen LogP contribution in [0, 0.1) is 0 Å². The summed E-state index contributed by atoms with van der Waals surface area (Å²) in [5.41, 5.74) is 1.81. The van der Waals surface area contributed by atoms with Gasteiger partial charge in [-0.05, 0) is 42.8 Å². The molecule has 0 saturated carbocycles. The number of halogens is 1. The van der Waals surface area contributed by atoms with Gasteiger partial charge in [-0.15, -0.1) is 0 Å². The van der Waals surface area contributed by atoms with Gasteiger partial charge in [0.15, 0.2) is 0 Å². The van der Waals surface area contributed by atoms with Gasteiger partial charge < -0.3 is 9.84 Å². The number of rotatable bonds is 5. The molecule has 0 unspecified atom stereocenters. The van der Waals surface area contributed by atoms with Gasteiger partial charge in [0, 0.05) is 16.1 Å². The molecular formula is C19H16BrN3O2. The van der Waals surface area contributed by atoms with Crippen LogP contribution in [-0.4, -0.2) is 16.0 Å². The van der Waals surface area contributed by atoms with Gasteiger partial charge in [-0.2, -0.15) is 4.98 Å². The van der Waals surface area contributed by atoms with E-state index in [0.29, 0.717) is 11.7 Å². The minimum Gasteiger partial charge on any atom is -0.341 e. The van der Waals surface area contributed by atoms with E-state index < -0.39 is 0 Å². The maximum absolute atomic E-state index is 12.0. The van der Waals surface area contributed by atoms with Gasteiger partial charge in [-0.25, -0.2) is 0 Å². The zero-order chi connectivity index (χ0) is 17.6. The second-order valence-electron chi connectivity index (χ2n) is 5.44. The molecule has 1 amide bonds. The van der Waals surface area contributed by atoms with Crippen LogP contribution in [0.2, 0.25) is 0 Å². The largest absolute Gasteiger partial charge is 0.341 e. The summed E-state index contributed by atoms with van der Waals surface area (Å²) in [4.78, 5) is 16.4. The Morgan fingerprint density at radius 1 is 1.16 bits per heavy atom. The molecule has 126 valence electrons. The molecule has 0 fully saturated rings.